The number of rotatable bonds is 14. The molecule has 0 fully saturated rings. The van der Waals surface area contributed by atoms with E-state index in [0.717, 1.165) is 9.87 Å². The van der Waals surface area contributed by atoms with Crippen LogP contribution in [-0.4, -0.2) is 73.4 Å². The van der Waals surface area contributed by atoms with Crippen molar-refractivity contribution in [2.24, 2.45) is 0 Å². The van der Waals surface area contributed by atoms with Gasteiger partial charge in [0, 0.05) is 12.4 Å². The Bertz CT molecular complexity index is 1660. The van der Waals surface area contributed by atoms with Crippen molar-refractivity contribution in [3.63, 3.8) is 0 Å². The lowest BCUT2D eigenvalue weighted by atomic mass is 9.87. The van der Waals surface area contributed by atoms with Crippen molar-refractivity contribution in [2.75, 3.05) is 37.8 Å². The lowest BCUT2D eigenvalue weighted by Gasteiger charge is -2.26. The summed E-state index contributed by atoms with van der Waals surface area (Å²) < 4.78 is 51.6. The molecule has 0 bridgehead atoms. The van der Waals surface area contributed by atoms with Crippen LogP contribution < -0.4 is 18.5 Å². The number of hydrogen-bond acceptors (Lipinski definition) is 12. The van der Waals surface area contributed by atoms with Crippen molar-refractivity contribution in [3.05, 3.63) is 72.6 Å². The number of benzene rings is 2. The van der Waals surface area contributed by atoms with Gasteiger partial charge in [-0.3, -0.25) is 4.79 Å². The summed E-state index contributed by atoms with van der Waals surface area (Å²) in [6, 6.07) is 14.8. The highest BCUT2D eigenvalue weighted by atomic mass is 32.2. The summed E-state index contributed by atoms with van der Waals surface area (Å²) >= 11 is 0. The molecule has 0 aliphatic rings. The molecule has 1 N–H and O–H groups in total. The molecular formula is C30H33N5O8S. The monoisotopic (exact) mass is 623 g/mol. The van der Waals surface area contributed by atoms with E-state index in [1.807, 2.05) is 20.8 Å². The van der Waals surface area contributed by atoms with Crippen LogP contribution in [0.3, 0.4) is 0 Å². The molecule has 13 nitrogen and oxygen atoms in total. The molecule has 2 aromatic heterocycles. The largest absolute Gasteiger partial charge is 0.493 e. The van der Waals surface area contributed by atoms with Gasteiger partial charge in [0.2, 0.25) is 11.6 Å². The quantitative estimate of drug-likeness (QED) is 0.160. The van der Waals surface area contributed by atoms with Crippen molar-refractivity contribution in [1.29, 1.82) is 0 Å². The molecule has 0 aliphatic heterocycles. The second kappa shape index (κ2) is 14.1. The molecule has 0 saturated carbocycles. The first-order valence-corrected chi connectivity index (χ1v) is 15.0. The topological polar surface area (TPSA) is 163 Å². The van der Waals surface area contributed by atoms with Crippen LogP contribution in [0.15, 0.2) is 71.9 Å². The number of hydrogen-bond donors (Lipinski definition) is 1. The van der Waals surface area contributed by atoms with Crippen LogP contribution in [-0.2, 0) is 25.0 Å². The van der Waals surface area contributed by atoms with Gasteiger partial charge < -0.3 is 24.1 Å². The fourth-order valence-electron chi connectivity index (χ4n) is 4.02. The Morgan fingerprint density at radius 1 is 0.909 bits per heavy atom. The third-order valence-electron chi connectivity index (χ3n) is 6.22. The highest BCUT2D eigenvalue weighted by Gasteiger charge is 2.33. The van der Waals surface area contributed by atoms with Crippen molar-refractivity contribution in [3.8, 4) is 34.8 Å². The zero-order valence-corrected chi connectivity index (χ0v) is 25.5. The smallest absolute Gasteiger partial charge is 0.293 e. The maximum Gasteiger partial charge on any atom is 0.293 e. The van der Waals surface area contributed by atoms with Crippen molar-refractivity contribution >= 4 is 22.3 Å². The molecule has 0 amide bonds. The summed E-state index contributed by atoms with van der Waals surface area (Å²) in [5.41, 5.74) is 0.726. The predicted molar refractivity (Wildman–Crippen MR) is 160 cm³/mol. The number of para-hydroxylation sites is 2. The average molecular weight is 624 g/mol. The summed E-state index contributed by atoms with van der Waals surface area (Å²) in [4.78, 5) is 28.0. The van der Waals surface area contributed by atoms with Crippen LogP contribution in [0.2, 0.25) is 0 Å². The number of nitrogens with zero attached hydrogens (tertiary/aromatic N) is 5. The van der Waals surface area contributed by atoms with Crippen molar-refractivity contribution in [2.45, 2.75) is 31.1 Å². The van der Waals surface area contributed by atoms with Crippen LogP contribution in [0.4, 0.5) is 5.82 Å². The Balaban J connectivity index is 1.96. The lowest BCUT2D eigenvalue weighted by Crippen LogP contribution is -2.35. The third-order valence-corrected chi connectivity index (χ3v) is 8.02. The van der Waals surface area contributed by atoms with Gasteiger partial charge in [0.25, 0.3) is 22.4 Å². The zero-order valence-electron chi connectivity index (χ0n) is 24.7. The first-order chi connectivity index (χ1) is 21.1. The number of sulfonamides is 1. The molecule has 4 aromatic rings. The first kappa shape index (κ1) is 32.1. The highest BCUT2D eigenvalue weighted by Crippen LogP contribution is 2.43. The van der Waals surface area contributed by atoms with E-state index in [2.05, 4.69) is 19.9 Å². The number of anilines is 1. The number of methoxy groups -OCH3 is 1. The average Bonchev–Trinajstić information content (AvgIpc) is 3.02. The summed E-state index contributed by atoms with van der Waals surface area (Å²) in [6.45, 7) is 5.08. The molecule has 0 radical (unpaired) electrons. The molecule has 14 heteroatoms. The van der Waals surface area contributed by atoms with Gasteiger partial charge in [-0.15, -0.1) is 0 Å². The summed E-state index contributed by atoms with van der Waals surface area (Å²) in [7, 11) is -2.90. The van der Waals surface area contributed by atoms with Gasteiger partial charge >= 0.3 is 0 Å². The molecule has 0 saturated heterocycles. The fourth-order valence-corrected chi connectivity index (χ4v) is 5.43. The van der Waals surface area contributed by atoms with E-state index < -0.39 is 23.2 Å². The fraction of sp³-hybridized carbons (Fsp3) is 0.300. The Morgan fingerprint density at radius 2 is 1.59 bits per heavy atom. The van der Waals surface area contributed by atoms with Crippen LogP contribution >= 0.6 is 0 Å². The van der Waals surface area contributed by atoms with Gasteiger partial charge in [-0.05, 0) is 41.3 Å². The van der Waals surface area contributed by atoms with Gasteiger partial charge in [0.05, 0.1) is 25.2 Å². The summed E-state index contributed by atoms with van der Waals surface area (Å²) in [5, 5.41) is 10.1. The van der Waals surface area contributed by atoms with Gasteiger partial charge in [0.1, 0.15) is 13.2 Å². The molecule has 0 atom stereocenters. The lowest BCUT2D eigenvalue weighted by molar-refractivity contribution is -0.129. The minimum atomic E-state index is -4.35. The van der Waals surface area contributed by atoms with E-state index >= 15 is 0 Å². The van der Waals surface area contributed by atoms with E-state index in [9.17, 15) is 18.3 Å². The minimum Gasteiger partial charge on any atom is -0.493 e. The van der Waals surface area contributed by atoms with E-state index in [4.69, 9.17) is 18.9 Å². The molecule has 44 heavy (non-hydrogen) atoms. The maximum absolute atomic E-state index is 14.2. The molecule has 4 rings (SSSR count). The van der Waals surface area contributed by atoms with E-state index in [1.165, 1.54) is 31.6 Å². The molecule has 232 valence electrons. The number of aromatic nitrogens is 4. The Kier molecular flexibility index (Phi) is 10.3. The number of carbonyl (C=O) groups is 1. The molecular weight excluding hydrogens is 590 g/mol. The number of aliphatic hydroxyl groups is 1. The standard InChI is InChI=1S/C30H33N5O8S/c1-30(2,3)21-10-12-22(13-11-21)44(38,39)35(16-17-36)28-25(43-24-9-6-5-8-23(24)40-4)29(42-19-18-41-20-37)34-27(33-28)26-31-14-7-15-32-26/h5-15,20,36H,16-19H2,1-4H3. The van der Waals surface area contributed by atoms with E-state index in [0.29, 0.717) is 5.75 Å². The van der Waals surface area contributed by atoms with E-state index in [-0.39, 0.29) is 64.8 Å². The van der Waals surface area contributed by atoms with Gasteiger partial charge in [-0.25, -0.2) is 27.7 Å². The highest BCUT2D eigenvalue weighted by molar-refractivity contribution is 7.92. The molecule has 2 heterocycles. The number of carbonyl (C=O) groups excluding carboxylic acids is 1. The Labute approximate surface area is 255 Å². The molecule has 0 aliphatic carbocycles. The van der Waals surface area contributed by atoms with E-state index in [1.54, 1.807) is 42.5 Å². The van der Waals surface area contributed by atoms with Gasteiger partial charge in [-0.1, -0.05) is 45.0 Å². The van der Waals surface area contributed by atoms with Crippen LogP contribution in [0, 0.1) is 0 Å². The number of ether oxygens (including phenoxy) is 4. The Hall–Kier alpha value is -4.82. The Morgan fingerprint density at radius 3 is 2.20 bits per heavy atom. The number of aliphatic hydroxyl groups excluding tert-OH is 1. The molecule has 0 spiro atoms. The zero-order chi connectivity index (χ0) is 31.7. The van der Waals surface area contributed by atoms with Crippen LogP contribution in [0.1, 0.15) is 26.3 Å². The SMILES string of the molecule is COc1ccccc1Oc1c(OCCOC=O)nc(-c2ncccn2)nc1N(CCO)S(=O)(=O)c1ccc(C(C)(C)C)cc1. The minimum absolute atomic E-state index is 0.0415. The second-order valence-corrected chi connectivity index (χ2v) is 12.1. The predicted octanol–water partition coefficient (Wildman–Crippen LogP) is 3.77. The maximum atomic E-state index is 14.2. The first-order valence-electron chi connectivity index (χ1n) is 13.5. The van der Waals surface area contributed by atoms with Crippen molar-refractivity contribution < 1.29 is 37.3 Å². The normalized spacial score (nSPS) is 11.5. The van der Waals surface area contributed by atoms with Gasteiger partial charge in [-0.2, -0.15) is 4.98 Å². The van der Waals surface area contributed by atoms with Gasteiger partial charge in [0.15, 0.2) is 23.1 Å². The molecule has 2 aromatic carbocycles. The van der Waals surface area contributed by atoms with Crippen LogP contribution in [0.5, 0.6) is 23.1 Å². The molecule has 0 unspecified atom stereocenters. The second-order valence-electron chi connectivity index (χ2n) is 10.2. The third kappa shape index (κ3) is 7.38. The van der Waals surface area contributed by atoms with Crippen LogP contribution in [0.25, 0.3) is 11.6 Å². The summed E-state index contributed by atoms with van der Waals surface area (Å²) in [6.07, 6.45) is 2.95. The van der Waals surface area contributed by atoms with Crippen molar-refractivity contribution in [1.82, 2.24) is 19.9 Å². The summed E-state index contributed by atoms with van der Waals surface area (Å²) in [5.74, 6) is -0.133.